The number of sulfonamides is 1. The summed E-state index contributed by atoms with van der Waals surface area (Å²) in [4.78, 5) is 14.2. The molecule has 2 aliphatic rings. The van der Waals surface area contributed by atoms with E-state index in [9.17, 15) is 13.2 Å². The highest BCUT2D eigenvalue weighted by molar-refractivity contribution is 7.89. The van der Waals surface area contributed by atoms with Crippen molar-refractivity contribution in [2.24, 2.45) is 5.92 Å². The van der Waals surface area contributed by atoms with Crippen LogP contribution in [0.1, 0.15) is 45.4 Å². The van der Waals surface area contributed by atoms with Gasteiger partial charge in [-0.25, -0.2) is 13.1 Å². The van der Waals surface area contributed by atoms with Gasteiger partial charge in [0.1, 0.15) is 0 Å². The zero-order valence-corrected chi connectivity index (χ0v) is 12.4. The fourth-order valence-electron chi connectivity index (χ4n) is 2.99. The number of piperidine rings is 1. The summed E-state index contributed by atoms with van der Waals surface area (Å²) in [7, 11) is -3.13. The molecule has 6 heteroatoms. The third-order valence-electron chi connectivity index (χ3n) is 4.24. The first-order chi connectivity index (χ1) is 9.02. The molecule has 0 spiro atoms. The molecule has 1 heterocycles. The summed E-state index contributed by atoms with van der Waals surface area (Å²) in [5, 5.41) is 0. The van der Waals surface area contributed by atoms with Crippen molar-refractivity contribution in [1.82, 2.24) is 9.62 Å². The van der Waals surface area contributed by atoms with Crippen molar-refractivity contribution in [3.63, 3.8) is 0 Å². The molecule has 1 aliphatic heterocycles. The Labute approximate surface area is 115 Å². The zero-order valence-electron chi connectivity index (χ0n) is 11.6. The molecule has 0 aromatic heterocycles. The third kappa shape index (κ3) is 3.92. The minimum absolute atomic E-state index is 0.00224. The minimum Gasteiger partial charge on any atom is -0.342 e. The molecule has 0 unspecified atom stereocenters. The van der Waals surface area contributed by atoms with Crippen LogP contribution in [0.5, 0.6) is 0 Å². The molecule has 1 saturated carbocycles. The van der Waals surface area contributed by atoms with Gasteiger partial charge in [0.25, 0.3) is 0 Å². The van der Waals surface area contributed by atoms with Gasteiger partial charge in [-0.2, -0.15) is 0 Å². The van der Waals surface area contributed by atoms with Gasteiger partial charge >= 0.3 is 0 Å². The lowest BCUT2D eigenvalue weighted by atomic mass is 10.0. The van der Waals surface area contributed by atoms with Crippen molar-refractivity contribution in [2.45, 2.75) is 51.5 Å². The van der Waals surface area contributed by atoms with E-state index in [4.69, 9.17) is 0 Å². The summed E-state index contributed by atoms with van der Waals surface area (Å²) >= 11 is 0. The van der Waals surface area contributed by atoms with Gasteiger partial charge in [0, 0.05) is 25.0 Å². The number of carbonyl (C=O) groups excluding carboxylic acids is 1. The van der Waals surface area contributed by atoms with Crippen molar-refractivity contribution in [1.29, 1.82) is 0 Å². The normalized spacial score (nSPS) is 22.9. The number of hydrogen-bond acceptors (Lipinski definition) is 3. The molecule has 0 aromatic carbocycles. The molecule has 1 N–H and O–H groups in total. The summed E-state index contributed by atoms with van der Waals surface area (Å²) in [6, 6.07) is -0.00224. The molecular weight excluding hydrogens is 264 g/mol. The highest BCUT2D eigenvalue weighted by Gasteiger charge is 2.30. The second-order valence-electron chi connectivity index (χ2n) is 5.60. The van der Waals surface area contributed by atoms with E-state index in [0.717, 1.165) is 25.7 Å². The molecular formula is C13H24N2O3S. The van der Waals surface area contributed by atoms with Gasteiger partial charge in [0.15, 0.2) is 0 Å². The van der Waals surface area contributed by atoms with E-state index in [1.807, 2.05) is 4.90 Å². The maximum atomic E-state index is 12.2. The van der Waals surface area contributed by atoms with Gasteiger partial charge in [-0.05, 0) is 32.6 Å². The predicted molar refractivity (Wildman–Crippen MR) is 74.2 cm³/mol. The molecule has 0 bridgehead atoms. The number of carbonyl (C=O) groups is 1. The maximum absolute atomic E-state index is 12.2. The highest BCUT2D eigenvalue weighted by Crippen LogP contribution is 2.27. The van der Waals surface area contributed by atoms with Gasteiger partial charge in [-0.1, -0.05) is 12.8 Å². The monoisotopic (exact) mass is 288 g/mol. The summed E-state index contributed by atoms with van der Waals surface area (Å²) in [5.41, 5.74) is 0. The largest absolute Gasteiger partial charge is 0.342 e. The number of hydrogen-bond donors (Lipinski definition) is 1. The van der Waals surface area contributed by atoms with E-state index in [0.29, 0.717) is 13.1 Å². The SMILES string of the molecule is CCS(=O)(=O)NC1CCN(C(=O)C2CCCC2)CC1. The Morgan fingerprint density at radius 1 is 1.16 bits per heavy atom. The van der Waals surface area contributed by atoms with Crippen LogP contribution in [-0.4, -0.2) is 44.1 Å². The lowest BCUT2D eigenvalue weighted by Crippen LogP contribution is -2.48. The molecule has 19 heavy (non-hydrogen) atoms. The first-order valence-corrected chi connectivity index (χ1v) is 8.96. The highest BCUT2D eigenvalue weighted by atomic mass is 32.2. The van der Waals surface area contributed by atoms with Crippen LogP contribution in [0.2, 0.25) is 0 Å². The molecule has 2 rings (SSSR count). The van der Waals surface area contributed by atoms with Gasteiger partial charge < -0.3 is 4.90 Å². The number of nitrogens with zero attached hydrogens (tertiary/aromatic N) is 1. The summed E-state index contributed by atoms with van der Waals surface area (Å²) < 4.78 is 25.7. The quantitative estimate of drug-likeness (QED) is 0.842. The Kier molecular flexibility index (Phi) is 4.84. The van der Waals surface area contributed by atoms with Gasteiger partial charge in [-0.3, -0.25) is 4.79 Å². The van der Waals surface area contributed by atoms with Crippen LogP contribution in [0.3, 0.4) is 0 Å². The van der Waals surface area contributed by atoms with Crippen LogP contribution in [0, 0.1) is 5.92 Å². The van der Waals surface area contributed by atoms with E-state index in [1.165, 1.54) is 12.8 Å². The Balaban J connectivity index is 1.80. The topological polar surface area (TPSA) is 66.5 Å². The Morgan fingerprint density at radius 2 is 1.74 bits per heavy atom. The Bertz CT molecular complexity index is 408. The Hall–Kier alpha value is -0.620. The standard InChI is InChI=1S/C13H24N2O3S/c1-2-19(17,18)14-12-7-9-15(10-8-12)13(16)11-5-3-4-6-11/h11-12,14H,2-10H2,1H3. The maximum Gasteiger partial charge on any atom is 0.225 e. The predicted octanol–water partition coefficient (Wildman–Crippen LogP) is 1.11. The lowest BCUT2D eigenvalue weighted by molar-refractivity contribution is -0.136. The third-order valence-corrected chi connectivity index (χ3v) is 5.69. The van der Waals surface area contributed by atoms with E-state index in [2.05, 4.69) is 4.72 Å². The Morgan fingerprint density at radius 3 is 2.26 bits per heavy atom. The number of rotatable bonds is 4. The number of amides is 1. The van der Waals surface area contributed by atoms with Crippen molar-refractivity contribution in [3.05, 3.63) is 0 Å². The summed E-state index contributed by atoms with van der Waals surface area (Å²) in [6.45, 7) is 3.01. The summed E-state index contributed by atoms with van der Waals surface area (Å²) in [6.07, 6.45) is 5.87. The van der Waals surface area contributed by atoms with Crippen LogP contribution >= 0.6 is 0 Å². The van der Waals surface area contributed by atoms with Crippen molar-refractivity contribution in [3.8, 4) is 0 Å². The zero-order chi connectivity index (χ0) is 13.9. The van der Waals surface area contributed by atoms with Gasteiger partial charge in [-0.15, -0.1) is 0 Å². The van der Waals surface area contributed by atoms with Gasteiger partial charge in [0.2, 0.25) is 15.9 Å². The fourth-order valence-corrected chi connectivity index (χ4v) is 3.90. The minimum atomic E-state index is -3.13. The number of nitrogens with one attached hydrogen (secondary N) is 1. The van der Waals surface area contributed by atoms with E-state index < -0.39 is 10.0 Å². The molecule has 0 atom stereocenters. The molecule has 0 radical (unpaired) electrons. The molecule has 5 nitrogen and oxygen atoms in total. The van der Waals surface area contributed by atoms with Crippen LogP contribution in [-0.2, 0) is 14.8 Å². The second kappa shape index (κ2) is 6.22. The lowest BCUT2D eigenvalue weighted by Gasteiger charge is -2.33. The van der Waals surface area contributed by atoms with Crippen LogP contribution in [0.4, 0.5) is 0 Å². The first-order valence-electron chi connectivity index (χ1n) is 7.30. The number of likely N-dealkylation sites (tertiary alicyclic amines) is 1. The van der Waals surface area contributed by atoms with Crippen molar-refractivity contribution < 1.29 is 13.2 Å². The fraction of sp³-hybridized carbons (Fsp3) is 0.923. The van der Waals surface area contributed by atoms with E-state index in [1.54, 1.807) is 6.92 Å². The molecule has 1 aliphatic carbocycles. The van der Waals surface area contributed by atoms with Crippen LogP contribution in [0.15, 0.2) is 0 Å². The average molecular weight is 288 g/mol. The average Bonchev–Trinajstić information content (AvgIpc) is 2.92. The molecule has 0 aromatic rings. The van der Waals surface area contributed by atoms with Crippen LogP contribution < -0.4 is 4.72 Å². The molecule has 110 valence electrons. The van der Waals surface area contributed by atoms with Gasteiger partial charge in [0.05, 0.1) is 5.75 Å². The van der Waals surface area contributed by atoms with Crippen molar-refractivity contribution in [2.75, 3.05) is 18.8 Å². The van der Waals surface area contributed by atoms with Crippen LogP contribution in [0.25, 0.3) is 0 Å². The molecule has 2 fully saturated rings. The van der Waals surface area contributed by atoms with Crippen molar-refractivity contribution >= 4 is 15.9 Å². The smallest absolute Gasteiger partial charge is 0.225 e. The molecule has 1 saturated heterocycles. The van der Waals surface area contributed by atoms with E-state index in [-0.39, 0.29) is 23.6 Å². The molecule has 1 amide bonds. The van der Waals surface area contributed by atoms with E-state index >= 15 is 0 Å². The first kappa shape index (κ1) is 14.8. The summed E-state index contributed by atoms with van der Waals surface area (Å²) in [5.74, 6) is 0.631. The second-order valence-corrected chi connectivity index (χ2v) is 7.64.